The van der Waals surface area contributed by atoms with Crippen molar-refractivity contribution < 1.29 is 14.7 Å². The van der Waals surface area contributed by atoms with Crippen molar-refractivity contribution in [3.05, 3.63) is 17.5 Å². The van der Waals surface area contributed by atoms with E-state index < -0.39 is 11.9 Å². The molecule has 7 nitrogen and oxygen atoms in total. The van der Waals surface area contributed by atoms with E-state index in [1.165, 1.54) is 4.90 Å². The number of carbonyl (C=O) groups is 2. The van der Waals surface area contributed by atoms with E-state index in [0.29, 0.717) is 6.54 Å². The van der Waals surface area contributed by atoms with Crippen LogP contribution in [0.1, 0.15) is 18.2 Å². The summed E-state index contributed by atoms with van der Waals surface area (Å²) in [6, 6.07) is -0.219. The maximum Gasteiger partial charge on any atom is 0.317 e. The van der Waals surface area contributed by atoms with Crippen molar-refractivity contribution in [2.75, 3.05) is 13.1 Å². The second-order valence-electron chi connectivity index (χ2n) is 4.73. The highest BCUT2D eigenvalue weighted by Crippen LogP contribution is 2.15. The van der Waals surface area contributed by atoms with E-state index in [1.807, 2.05) is 20.2 Å². The number of likely N-dealkylation sites (tertiary alicyclic amines) is 1. The first-order valence-electron chi connectivity index (χ1n) is 6.28. The van der Waals surface area contributed by atoms with Gasteiger partial charge in [0.25, 0.3) is 0 Å². The zero-order valence-electron chi connectivity index (χ0n) is 11.1. The van der Waals surface area contributed by atoms with E-state index >= 15 is 0 Å². The van der Waals surface area contributed by atoms with Gasteiger partial charge in [-0.05, 0) is 6.42 Å². The molecule has 0 unspecified atom stereocenters. The molecule has 0 spiro atoms. The first-order chi connectivity index (χ1) is 9.01. The van der Waals surface area contributed by atoms with Crippen LogP contribution in [0, 0.1) is 5.92 Å². The van der Waals surface area contributed by atoms with E-state index in [1.54, 1.807) is 4.68 Å². The lowest BCUT2D eigenvalue weighted by molar-refractivity contribution is -0.146. The van der Waals surface area contributed by atoms with Crippen LogP contribution in [0.4, 0.5) is 4.79 Å². The Labute approximate surface area is 111 Å². The summed E-state index contributed by atoms with van der Waals surface area (Å²) in [5.74, 6) is -1.26. The highest BCUT2D eigenvalue weighted by molar-refractivity contribution is 5.79. The Balaban J connectivity index is 1.83. The number of aryl methyl sites for hydroxylation is 2. The minimum absolute atomic E-state index is 0.219. The lowest BCUT2D eigenvalue weighted by Crippen LogP contribution is -2.56. The highest BCUT2D eigenvalue weighted by Gasteiger charge is 2.35. The molecule has 19 heavy (non-hydrogen) atoms. The fourth-order valence-corrected chi connectivity index (χ4v) is 2.11. The molecule has 2 N–H and O–H groups in total. The fourth-order valence-electron chi connectivity index (χ4n) is 2.11. The smallest absolute Gasteiger partial charge is 0.317 e. The molecule has 1 fully saturated rings. The molecule has 0 atom stereocenters. The zero-order valence-corrected chi connectivity index (χ0v) is 11.1. The molecule has 1 aliphatic heterocycles. The Bertz CT molecular complexity index is 491. The summed E-state index contributed by atoms with van der Waals surface area (Å²) in [5.41, 5.74) is 1.96. The van der Waals surface area contributed by atoms with Crippen molar-refractivity contribution in [2.24, 2.45) is 13.0 Å². The first kappa shape index (κ1) is 13.4. The van der Waals surface area contributed by atoms with Gasteiger partial charge < -0.3 is 15.3 Å². The lowest BCUT2D eigenvalue weighted by Gasteiger charge is -2.36. The monoisotopic (exact) mass is 266 g/mol. The average molecular weight is 266 g/mol. The molecular weight excluding hydrogens is 248 g/mol. The molecule has 1 aromatic heterocycles. The first-order valence-corrected chi connectivity index (χ1v) is 6.28. The Morgan fingerprint density at radius 1 is 1.53 bits per heavy atom. The van der Waals surface area contributed by atoms with Gasteiger partial charge in [0.2, 0.25) is 0 Å². The number of carboxylic acids is 1. The van der Waals surface area contributed by atoms with Gasteiger partial charge in [-0.25, -0.2) is 4.79 Å². The molecule has 1 aromatic rings. The molecule has 2 amide bonds. The molecule has 0 bridgehead atoms. The van der Waals surface area contributed by atoms with Gasteiger partial charge in [0.05, 0.1) is 11.6 Å². The number of aliphatic carboxylic acids is 1. The minimum atomic E-state index is -0.843. The van der Waals surface area contributed by atoms with Crippen molar-refractivity contribution in [1.82, 2.24) is 20.0 Å². The Morgan fingerprint density at radius 3 is 2.79 bits per heavy atom. The highest BCUT2D eigenvalue weighted by atomic mass is 16.4. The number of hydrogen-bond acceptors (Lipinski definition) is 3. The predicted octanol–water partition coefficient (Wildman–Crippen LogP) is 0.209. The Kier molecular flexibility index (Phi) is 3.73. The van der Waals surface area contributed by atoms with Gasteiger partial charge in [-0.1, -0.05) is 6.92 Å². The molecule has 7 heteroatoms. The number of amides is 2. The van der Waals surface area contributed by atoms with Crippen molar-refractivity contribution in [2.45, 2.75) is 19.9 Å². The van der Waals surface area contributed by atoms with Gasteiger partial charge in [-0.15, -0.1) is 0 Å². The molecule has 1 saturated heterocycles. The largest absolute Gasteiger partial charge is 0.481 e. The summed E-state index contributed by atoms with van der Waals surface area (Å²) in [6.45, 7) is 3.01. The number of aromatic nitrogens is 2. The number of urea groups is 1. The van der Waals surface area contributed by atoms with Gasteiger partial charge >= 0.3 is 12.0 Å². The van der Waals surface area contributed by atoms with E-state index in [0.717, 1.165) is 17.7 Å². The molecule has 2 rings (SSSR count). The van der Waals surface area contributed by atoms with Gasteiger partial charge in [-0.3, -0.25) is 9.48 Å². The molecule has 0 radical (unpaired) electrons. The number of carbonyl (C=O) groups excluding carboxylic acids is 1. The molecule has 0 aromatic carbocycles. The maximum atomic E-state index is 11.8. The van der Waals surface area contributed by atoms with E-state index in [-0.39, 0.29) is 19.1 Å². The molecule has 104 valence electrons. The zero-order chi connectivity index (χ0) is 14.0. The van der Waals surface area contributed by atoms with Crippen molar-refractivity contribution in [3.63, 3.8) is 0 Å². The van der Waals surface area contributed by atoms with Crippen LogP contribution in [0.2, 0.25) is 0 Å². The van der Waals surface area contributed by atoms with Crippen molar-refractivity contribution >= 4 is 12.0 Å². The van der Waals surface area contributed by atoms with Crippen molar-refractivity contribution in [1.29, 1.82) is 0 Å². The second-order valence-corrected chi connectivity index (χ2v) is 4.73. The van der Waals surface area contributed by atoms with Crippen LogP contribution in [0.3, 0.4) is 0 Å². The summed E-state index contributed by atoms with van der Waals surface area (Å²) >= 11 is 0. The second kappa shape index (κ2) is 5.29. The average Bonchev–Trinajstić information content (AvgIpc) is 2.64. The maximum absolute atomic E-state index is 11.8. The minimum Gasteiger partial charge on any atom is -0.481 e. The van der Waals surface area contributed by atoms with Gasteiger partial charge in [0.1, 0.15) is 0 Å². The molecule has 0 saturated carbocycles. The third-order valence-electron chi connectivity index (χ3n) is 3.27. The number of nitrogens with one attached hydrogen (secondary N) is 1. The SMILES string of the molecule is CCc1nn(C)cc1CNC(=O)N1CC(C(=O)O)C1. The number of rotatable bonds is 4. The number of hydrogen-bond donors (Lipinski definition) is 2. The summed E-state index contributed by atoms with van der Waals surface area (Å²) in [6.07, 6.45) is 2.70. The van der Waals surface area contributed by atoms with E-state index in [2.05, 4.69) is 10.4 Å². The third-order valence-corrected chi connectivity index (χ3v) is 3.27. The van der Waals surface area contributed by atoms with Crippen LogP contribution in [0.5, 0.6) is 0 Å². The van der Waals surface area contributed by atoms with E-state index in [9.17, 15) is 9.59 Å². The molecular formula is C12H18N4O3. The van der Waals surface area contributed by atoms with Crippen LogP contribution >= 0.6 is 0 Å². The van der Waals surface area contributed by atoms with Gasteiger partial charge in [0, 0.05) is 38.4 Å². The summed E-state index contributed by atoms with van der Waals surface area (Å²) in [5, 5.41) is 15.8. The molecule has 1 aliphatic rings. The van der Waals surface area contributed by atoms with Crippen LogP contribution in [-0.4, -0.2) is 44.9 Å². The van der Waals surface area contributed by atoms with Crippen LogP contribution in [0.25, 0.3) is 0 Å². The predicted molar refractivity (Wildman–Crippen MR) is 67.5 cm³/mol. The Hall–Kier alpha value is -2.05. The quantitative estimate of drug-likeness (QED) is 0.815. The Morgan fingerprint density at radius 2 is 2.21 bits per heavy atom. The van der Waals surface area contributed by atoms with Gasteiger partial charge in [-0.2, -0.15) is 5.10 Å². The number of nitrogens with zero attached hydrogens (tertiary/aromatic N) is 3. The topological polar surface area (TPSA) is 87.5 Å². The number of carboxylic acid groups (broad SMARTS) is 1. The molecule has 2 heterocycles. The standard InChI is InChI=1S/C12H18N4O3/c1-3-10-8(5-15(2)14-10)4-13-12(19)16-6-9(7-16)11(17)18/h5,9H,3-4,6-7H2,1-2H3,(H,13,19)(H,17,18). The summed E-state index contributed by atoms with van der Waals surface area (Å²) < 4.78 is 1.73. The molecule has 0 aliphatic carbocycles. The van der Waals surface area contributed by atoms with Crippen LogP contribution < -0.4 is 5.32 Å². The third kappa shape index (κ3) is 2.86. The lowest BCUT2D eigenvalue weighted by atomic mass is 10.0. The summed E-state index contributed by atoms with van der Waals surface area (Å²) in [4.78, 5) is 23.9. The van der Waals surface area contributed by atoms with Crippen LogP contribution in [-0.2, 0) is 24.8 Å². The van der Waals surface area contributed by atoms with Gasteiger partial charge in [0.15, 0.2) is 0 Å². The van der Waals surface area contributed by atoms with Crippen LogP contribution in [0.15, 0.2) is 6.20 Å². The normalized spacial score (nSPS) is 15.2. The van der Waals surface area contributed by atoms with Crippen molar-refractivity contribution in [3.8, 4) is 0 Å². The fraction of sp³-hybridized carbons (Fsp3) is 0.583. The van der Waals surface area contributed by atoms with E-state index in [4.69, 9.17) is 5.11 Å². The summed E-state index contributed by atoms with van der Waals surface area (Å²) in [7, 11) is 1.84.